The van der Waals surface area contributed by atoms with Crippen molar-refractivity contribution in [1.82, 2.24) is 15.3 Å². The van der Waals surface area contributed by atoms with E-state index >= 15 is 0 Å². The number of nitrogens with zero attached hydrogens (tertiary/aromatic N) is 2. The highest BCUT2D eigenvalue weighted by atomic mass is 32.2. The maximum Gasteiger partial charge on any atom is 0.221 e. The van der Waals surface area contributed by atoms with Crippen LogP contribution in [0.5, 0.6) is 5.88 Å². The Hall–Kier alpha value is -2.09. The first-order valence-electron chi connectivity index (χ1n) is 7.17. The Kier molecular flexibility index (Phi) is 4.80. The second-order valence-electron chi connectivity index (χ2n) is 5.15. The molecule has 0 spiro atoms. The first kappa shape index (κ1) is 15.8. The minimum Gasteiger partial charge on any atom is -0.617 e. The van der Waals surface area contributed by atoms with Crippen molar-refractivity contribution < 1.29 is 14.1 Å². The van der Waals surface area contributed by atoms with Crippen LogP contribution in [-0.2, 0) is 17.7 Å². The molecule has 2 N–H and O–H groups in total. The van der Waals surface area contributed by atoms with Crippen LogP contribution >= 0.6 is 0 Å². The lowest BCUT2D eigenvalue weighted by atomic mass is 10.1. The van der Waals surface area contributed by atoms with Crippen molar-refractivity contribution in [3.05, 3.63) is 42.4 Å². The molecule has 0 aliphatic carbocycles. The van der Waals surface area contributed by atoms with Gasteiger partial charge >= 0.3 is 0 Å². The lowest BCUT2D eigenvalue weighted by Crippen LogP contribution is -2.21. The summed E-state index contributed by atoms with van der Waals surface area (Å²) >= 11 is -0.792. The SMILES string of the molecule is C[S+]([O-])CCNCc1ccc(-c2ccc3ncnc(O)c3c2)o1. The number of nitrogens with one attached hydrogen (secondary N) is 1. The summed E-state index contributed by atoms with van der Waals surface area (Å²) < 4.78 is 16.8. The quantitative estimate of drug-likeness (QED) is 0.530. The average molecular weight is 331 g/mol. The number of fused-ring (bicyclic) bond motifs is 1. The van der Waals surface area contributed by atoms with Gasteiger partial charge in [0.15, 0.2) is 0 Å². The molecule has 0 saturated heterocycles. The molecule has 3 aromatic rings. The summed E-state index contributed by atoms with van der Waals surface area (Å²) in [5, 5.41) is 13.6. The largest absolute Gasteiger partial charge is 0.617 e. The molecule has 0 aliphatic rings. The smallest absolute Gasteiger partial charge is 0.221 e. The Morgan fingerprint density at radius 3 is 2.96 bits per heavy atom. The van der Waals surface area contributed by atoms with E-state index in [9.17, 15) is 9.66 Å². The molecule has 0 amide bonds. The van der Waals surface area contributed by atoms with Crippen LogP contribution in [0.15, 0.2) is 41.1 Å². The fraction of sp³-hybridized carbons (Fsp3) is 0.250. The topological polar surface area (TPSA) is 94.2 Å². The van der Waals surface area contributed by atoms with Gasteiger partial charge in [0, 0.05) is 12.1 Å². The van der Waals surface area contributed by atoms with Crippen LogP contribution in [0.2, 0.25) is 0 Å². The Bertz CT molecular complexity index is 804. The Balaban J connectivity index is 1.74. The van der Waals surface area contributed by atoms with Crippen molar-refractivity contribution in [2.75, 3.05) is 18.6 Å². The molecule has 0 bridgehead atoms. The van der Waals surface area contributed by atoms with E-state index in [1.165, 1.54) is 6.33 Å². The van der Waals surface area contributed by atoms with Gasteiger partial charge in [-0.15, -0.1) is 0 Å². The van der Waals surface area contributed by atoms with Crippen LogP contribution in [0, 0.1) is 0 Å². The molecule has 0 radical (unpaired) electrons. The summed E-state index contributed by atoms with van der Waals surface area (Å²) in [6, 6.07) is 9.31. The first-order chi connectivity index (χ1) is 11.1. The van der Waals surface area contributed by atoms with E-state index in [-0.39, 0.29) is 5.88 Å². The summed E-state index contributed by atoms with van der Waals surface area (Å²) in [6.45, 7) is 1.26. The fourth-order valence-electron chi connectivity index (χ4n) is 2.25. The molecule has 120 valence electrons. The van der Waals surface area contributed by atoms with Crippen LogP contribution in [0.25, 0.3) is 22.2 Å². The Morgan fingerprint density at radius 2 is 2.13 bits per heavy atom. The van der Waals surface area contributed by atoms with E-state index in [2.05, 4.69) is 15.3 Å². The van der Waals surface area contributed by atoms with Crippen LogP contribution in [0.1, 0.15) is 5.76 Å². The number of aromatic nitrogens is 2. The third-order valence-corrected chi connectivity index (χ3v) is 4.21. The van der Waals surface area contributed by atoms with Gasteiger partial charge in [0.05, 0.1) is 23.7 Å². The van der Waals surface area contributed by atoms with Gasteiger partial charge in [0.2, 0.25) is 5.88 Å². The number of aromatic hydroxyl groups is 1. The molecule has 3 rings (SSSR count). The second kappa shape index (κ2) is 6.99. The van der Waals surface area contributed by atoms with Gasteiger partial charge in [-0.05, 0) is 30.3 Å². The maximum atomic E-state index is 11.0. The van der Waals surface area contributed by atoms with E-state index < -0.39 is 11.2 Å². The highest BCUT2D eigenvalue weighted by Gasteiger charge is 2.08. The number of benzene rings is 1. The highest BCUT2D eigenvalue weighted by Crippen LogP contribution is 2.28. The van der Waals surface area contributed by atoms with Crippen molar-refractivity contribution in [1.29, 1.82) is 0 Å². The lowest BCUT2D eigenvalue weighted by Gasteiger charge is -2.05. The molecular weight excluding hydrogens is 314 g/mol. The zero-order valence-corrected chi connectivity index (χ0v) is 13.5. The standard InChI is InChI=1S/C16H17N3O3S/c1-23(21)7-6-17-9-12-3-5-15(22-12)11-2-4-14-13(8-11)16(20)19-10-18-14/h2-5,8,10,17H,6-7,9H2,1H3,(H,18,19,20). The predicted octanol–water partition coefficient (Wildman–Crippen LogP) is 2.06. The van der Waals surface area contributed by atoms with Gasteiger partial charge in [-0.1, -0.05) is 11.2 Å². The molecule has 2 heterocycles. The van der Waals surface area contributed by atoms with Gasteiger partial charge in [-0.3, -0.25) is 0 Å². The molecule has 0 saturated carbocycles. The third-order valence-electron chi connectivity index (χ3n) is 3.43. The first-order valence-corrected chi connectivity index (χ1v) is 8.90. The van der Waals surface area contributed by atoms with Crippen molar-refractivity contribution in [2.45, 2.75) is 6.54 Å². The Morgan fingerprint density at radius 1 is 1.26 bits per heavy atom. The molecule has 1 aromatic carbocycles. The maximum absolute atomic E-state index is 11.0. The molecule has 0 fully saturated rings. The number of rotatable bonds is 6. The normalized spacial score (nSPS) is 12.6. The van der Waals surface area contributed by atoms with Crippen LogP contribution in [0.4, 0.5) is 0 Å². The highest BCUT2D eigenvalue weighted by molar-refractivity contribution is 7.90. The lowest BCUT2D eigenvalue weighted by molar-refractivity contribution is 0.459. The van der Waals surface area contributed by atoms with Crippen molar-refractivity contribution in [3.8, 4) is 17.2 Å². The van der Waals surface area contributed by atoms with Gasteiger partial charge in [-0.25, -0.2) is 9.97 Å². The van der Waals surface area contributed by atoms with Crippen molar-refractivity contribution in [2.24, 2.45) is 0 Å². The second-order valence-corrected chi connectivity index (χ2v) is 6.70. The number of hydrogen-bond donors (Lipinski definition) is 2. The number of hydrogen-bond acceptors (Lipinski definition) is 6. The summed E-state index contributed by atoms with van der Waals surface area (Å²) in [5.74, 6) is 2.09. The zero-order chi connectivity index (χ0) is 16.2. The summed E-state index contributed by atoms with van der Waals surface area (Å²) in [4.78, 5) is 7.90. The molecular formula is C16H17N3O3S. The molecule has 23 heavy (non-hydrogen) atoms. The minimum absolute atomic E-state index is 0.0436. The molecule has 7 heteroatoms. The summed E-state index contributed by atoms with van der Waals surface area (Å²) in [7, 11) is 0. The van der Waals surface area contributed by atoms with E-state index in [1.807, 2.05) is 24.3 Å². The van der Waals surface area contributed by atoms with Crippen LogP contribution in [-0.4, -0.2) is 38.2 Å². The minimum atomic E-state index is -0.792. The third kappa shape index (κ3) is 3.82. The molecule has 6 nitrogen and oxygen atoms in total. The van der Waals surface area contributed by atoms with E-state index in [4.69, 9.17) is 4.42 Å². The Labute approximate surface area is 136 Å². The molecule has 0 aliphatic heterocycles. The monoisotopic (exact) mass is 331 g/mol. The molecule has 1 atom stereocenters. The van der Waals surface area contributed by atoms with E-state index in [0.717, 1.165) is 11.3 Å². The zero-order valence-electron chi connectivity index (χ0n) is 12.7. The average Bonchev–Trinajstić information content (AvgIpc) is 3.00. The number of furan rings is 1. The van der Waals surface area contributed by atoms with E-state index in [1.54, 1.807) is 12.3 Å². The molecule has 1 unspecified atom stereocenters. The van der Waals surface area contributed by atoms with Crippen molar-refractivity contribution >= 4 is 22.1 Å². The molecule has 2 aromatic heterocycles. The van der Waals surface area contributed by atoms with Crippen LogP contribution < -0.4 is 5.32 Å². The van der Waals surface area contributed by atoms with Gasteiger partial charge in [-0.2, -0.15) is 0 Å². The van der Waals surface area contributed by atoms with E-state index in [0.29, 0.717) is 35.5 Å². The fourth-order valence-corrected chi connectivity index (χ4v) is 2.68. The summed E-state index contributed by atoms with van der Waals surface area (Å²) in [6.07, 6.45) is 3.02. The van der Waals surface area contributed by atoms with Crippen molar-refractivity contribution in [3.63, 3.8) is 0 Å². The van der Waals surface area contributed by atoms with Gasteiger partial charge < -0.3 is 19.4 Å². The summed E-state index contributed by atoms with van der Waals surface area (Å²) in [5.41, 5.74) is 1.53. The predicted molar refractivity (Wildman–Crippen MR) is 89.5 cm³/mol. The van der Waals surface area contributed by atoms with Crippen LogP contribution in [0.3, 0.4) is 0 Å². The van der Waals surface area contributed by atoms with Gasteiger partial charge in [0.1, 0.15) is 23.6 Å². The van der Waals surface area contributed by atoms with Gasteiger partial charge in [0.25, 0.3) is 0 Å².